The average molecular weight is 263 g/mol. The Bertz CT molecular complexity index is 670. The van der Waals surface area contributed by atoms with Crippen LogP contribution in [0.15, 0.2) is 35.2 Å². The first-order chi connectivity index (χ1) is 7.38. The number of hydrogen-bond acceptors (Lipinski definition) is 4. The Labute approximate surface area is 122 Å². The average Bonchev–Trinajstić information content (AvgIpc) is 2.14. The summed E-state index contributed by atoms with van der Waals surface area (Å²) < 4.78 is 31.2. The summed E-state index contributed by atoms with van der Waals surface area (Å²) in [5.74, 6) is -0.245. The molecule has 0 saturated heterocycles. The number of rotatable bonds is 1. The predicted octanol–water partition coefficient (Wildman–Crippen LogP) is -1.51. The van der Waals surface area contributed by atoms with E-state index >= 15 is 0 Å². The third kappa shape index (κ3) is 2.91. The van der Waals surface area contributed by atoms with Gasteiger partial charge in [0.15, 0.2) is 0 Å². The summed E-state index contributed by atoms with van der Waals surface area (Å²) in [5.41, 5.74) is 5.98. The first-order valence-corrected chi connectivity index (χ1v) is 5.82. The van der Waals surface area contributed by atoms with E-state index in [-0.39, 0.29) is 41.6 Å². The molecular formula is C10H10NNaO4S. The SMILES string of the molecule is Nc1ccc2c(S(=O)(=O)O)cc(O)cc2c1.[H-].[Na+]. The van der Waals surface area contributed by atoms with E-state index in [9.17, 15) is 13.5 Å². The van der Waals surface area contributed by atoms with Gasteiger partial charge in [-0.25, -0.2) is 0 Å². The molecule has 0 amide bonds. The Morgan fingerprint density at radius 3 is 2.41 bits per heavy atom. The molecule has 0 bridgehead atoms. The Kier molecular flexibility index (Phi) is 4.06. The number of phenolic OH excluding ortho intramolecular Hbond substituents is 1. The normalized spacial score (nSPS) is 11.1. The minimum atomic E-state index is -4.37. The van der Waals surface area contributed by atoms with Crippen LogP contribution in [0.3, 0.4) is 0 Å². The van der Waals surface area contributed by atoms with Crippen LogP contribution in [-0.2, 0) is 10.1 Å². The summed E-state index contributed by atoms with van der Waals surface area (Å²) in [4.78, 5) is -0.331. The van der Waals surface area contributed by atoms with Gasteiger partial charge in [0.05, 0.1) is 0 Å². The van der Waals surface area contributed by atoms with E-state index in [0.29, 0.717) is 16.5 Å². The zero-order valence-electron chi connectivity index (χ0n) is 10.1. The number of fused-ring (bicyclic) bond motifs is 1. The molecule has 7 heteroatoms. The second-order valence-corrected chi connectivity index (χ2v) is 4.79. The van der Waals surface area contributed by atoms with Crippen molar-refractivity contribution < 1.29 is 49.1 Å². The standard InChI is InChI=1S/C10H9NO4S.Na.H/c11-7-1-2-9-6(3-7)4-8(12)5-10(9)16(13,14)15;;/h1-5,12H,11H2,(H,13,14,15);;/q;+1;-1. The third-order valence-corrected chi connectivity index (χ3v) is 3.09. The zero-order chi connectivity index (χ0) is 11.9. The van der Waals surface area contributed by atoms with Crippen molar-refractivity contribution in [3.05, 3.63) is 30.3 Å². The molecule has 0 saturated carbocycles. The van der Waals surface area contributed by atoms with E-state index in [2.05, 4.69) is 0 Å². The second-order valence-electron chi connectivity index (χ2n) is 3.40. The molecule has 0 fully saturated rings. The maximum Gasteiger partial charge on any atom is 1.00 e. The largest absolute Gasteiger partial charge is 1.00 e. The molecule has 0 spiro atoms. The first-order valence-electron chi connectivity index (χ1n) is 4.38. The van der Waals surface area contributed by atoms with E-state index in [0.717, 1.165) is 6.07 Å². The first kappa shape index (κ1) is 14.3. The van der Waals surface area contributed by atoms with Crippen molar-refractivity contribution in [3.8, 4) is 5.75 Å². The van der Waals surface area contributed by atoms with Crippen LogP contribution in [0.25, 0.3) is 10.8 Å². The van der Waals surface area contributed by atoms with Crippen LogP contribution in [0.4, 0.5) is 5.69 Å². The number of nitrogen functional groups attached to an aromatic ring is 1. The second kappa shape index (κ2) is 4.83. The van der Waals surface area contributed by atoms with E-state index in [1.165, 1.54) is 24.3 Å². The molecule has 2 aromatic carbocycles. The maximum absolute atomic E-state index is 11.1. The van der Waals surface area contributed by atoms with Crippen molar-refractivity contribution in [1.82, 2.24) is 0 Å². The van der Waals surface area contributed by atoms with Gasteiger partial charge in [-0.3, -0.25) is 4.55 Å². The Balaban J connectivity index is 0.00000144. The van der Waals surface area contributed by atoms with Gasteiger partial charge in [-0.2, -0.15) is 8.42 Å². The fourth-order valence-corrected chi connectivity index (χ4v) is 2.28. The van der Waals surface area contributed by atoms with Crippen molar-refractivity contribution >= 4 is 26.6 Å². The molecule has 5 nitrogen and oxygen atoms in total. The Hall–Kier alpha value is -0.790. The molecule has 17 heavy (non-hydrogen) atoms. The van der Waals surface area contributed by atoms with Crippen LogP contribution in [0.2, 0.25) is 0 Å². The van der Waals surface area contributed by atoms with Crippen LogP contribution in [0, 0.1) is 0 Å². The summed E-state index contributed by atoms with van der Waals surface area (Å²) >= 11 is 0. The minimum Gasteiger partial charge on any atom is -1.00 e. The summed E-state index contributed by atoms with van der Waals surface area (Å²) in [6.45, 7) is 0. The summed E-state index contributed by atoms with van der Waals surface area (Å²) in [7, 11) is -4.37. The van der Waals surface area contributed by atoms with Crippen LogP contribution in [0.1, 0.15) is 1.43 Å². The molecule has 0 aliphatic carbocycles. The molecule has 0 atom stereocenters. The summed E-state index contributed by atoms with van der Waals surface area (Å²) in [6.07, 6.45) is 0. The molecule has 4 N–H and O–H groups in total. The molecule has 0 radical (unpaired) electrons. The predicted molar refractivity (Wildman–Crippen MR) is 61.0 cm³/mol. The van der Waals surface area contributed by atoms with Crippen molar-refractivity contribution in [2.75, 3.05) is 5.73 Å². The minimum absolute atomic E-state index is 0. The van der Waals surface area contributed by atoms with Crippen molar-refractivity contribution in [2.45, 2.75) is 4.90 Å². The number of aromatic hydroxyl groups is 1. The molecule has 0 heterocycles. The van der Waals surface area contributed by atoms with Gasteiger partial charge in [0.25, 0.3) is 10.1 Å². The quantitative estimate of drug-likeness (QED) is 0.330. The van der Waals surface area contributed by atoms with Gasteiger partial charge in [-0.15, -0.1) is 0 Å². The fraction of sp³-hybridized carbons (Fsp3) is 0. The van der Waals surface area contributed by atoms with Gasteiger partial charge in [-0.05, 0) is 23.6 Å². The molecule has 2 aromatic rings. The molecule has 86 valence electrons. The molecule has 2 rings (SSSR count). The number of anilines is 1. The molecule has 0 aliphatic rings. The number of hydrogen-bond donors (Lipinski definition) is 3. The smallest absolute Gasteiger partial charge is 1.00 e. The monoisotopic (exact) mass is 263 g/mol. The van der Waals surface area contributed by atoms with Crippen LogP contribution in [-0.4, -0.2) is 18.1 Å². The van der Waals surface area contributed by atoms with E-state index in [4.69, 9.17) is 10.3 Å². The van der Waals surface area contributed by atoms with Crippen molar-refractivity contribution in [2.24, 2.45) is 0 Å². The number of phenols is 1. The van der Waals surface area contributed by atoms with Crippen LogP contribution in [0.5, 0.6) is 5.75 Å². The van der Waals surface area contributed by atoms with E-state index in [1.54, 1.807) is 0 Å². The van der Waals surface area contributed by atoms with Crippen LogP contribution < -0.4 is 35.3 Å². The van der Waals surface area contributed by atoms with Gasteiger partial charge in [-0.1, -0.05) is 6.07 Å². The fourth-order valence-electron chi connectivity index (χ4n) is 1.55. The molecule has 0 unspecified atom stereocenters. The van der Waals surface area contributed by atoms with Crippen molar-refractivity contribution in [3.63, 3.8) is 0 Å². The molecule has 0 aliphatic heterocycles. The van der Waals surface area contributed by atoms with E-state index < -0.39 is 10.1 Å². The number of benzene rings is 2. The van der Waals surface area contributed by atoms with Gasteiger partial charge < -0.3 is 12.3 Å². The van der Waals surface area contributed by atoms with E-state index in [1.807, 2.05) is 0 Å². The summed E-state index contributed by atoms with van der Waals surface area (Å²) in [5, 5.41) is 10.1. The number of nitrogens with two attached hydrogens (primary N) is 1. The van der Waals surface area contributed by atoms with Crippen LogP contribution >= 0.6 is 0 Å². The van der Waals surface area contributed by atoms with Gasteiger partial charge in [0.2, 0.25) is 0 Å². The molecule has 0 aromatic heterocycles. The third-order valence-electron chi connectivity index (χ3n) is 2.20. The van der Waals surface area contributed by atoms with Crippen molar-refractivity contribution in [1.29, 1.82) is 0 Å². The van der Waals surface area contributed by atoms with Gasteiger partial charge in [0.1, 0.15) is 10.6 Å². The maximum atomic E-state index is 11.1. The Morgan fingerprint density at radius 2 is 1.82 bits per heavy atom. The van der Waals surface area contributed by atoms with Gasteiger partial charge >= 0.3 is 29.6 Å². The molecular weight excluding hydrogens is 253 g/mol. The zero-order valence-corrected chi connectivity index (χ0v) is 11.9. The Morgan fingerprint density at radius 1 is 1.18 bits per heavy atom. The van der Waals surface area contributed by atoms with Gasteiger partial charge in [0, 0.05) is 17.1 Å². The summed E-state index contributed by atoms with van der Waals surface area (Å²) in [6, 6.07) is 6.89. The topological polar surface area (TPSA) is 101 Å².